The molecule has 0 aromatic heterocycles. The molecule has 0 heterocycles. The zero-order valence-corrected chi connectivity index (χ0v) is 13.9. The van der Waals surface area contributed by atoms with Gasteiger partial charge in [-0.05, 0) is 43.2 Å². The molecule has 4 nitrogen and oxygen atoms in total. The molecule has 0 aliphatic rings. The smallest absolute Gasteiger partial charge is 0.261 e. The van der Waals surface area contributed by atoms with Crippen molar-refractivity contribution in [2.24, 2.45) is 0 Å². The van der Waals surface area contributed by atoms with E-state index in [1.165, 1.54) is 12.1 Å². The van der Waals surface area contributed by atoms with Gasteiger partial charge < -0.3 is 14.8 Å². The van der Waals surface area contributed by atoms with E-state index < -0.39 is 11.9 Å². The normalized spacial score (nSPS) is 11.6. The van der Waals surface area contributed by atoms with Crippen molar-refractivity contribution in [3.05, 3.63) is 59.9 Å². The highest BCUT2D eigenvalue weighted by Gasteiger charge is 2.19. The van der Waals surface area contributed by atoms with E-state index in [1.54, 1.807) is 12.1 Å². The van der Waals surface area contributed by atoms with E-state index in [-0.39, 0.29) is 11.7 Å². The summed E-state index contributed by atoms with van der Waals surface area (Å²) in [6.45, 7) is 4.50. The number of carbonyl (C=O) groups excluding carboxylic acids is 1. The summed E-state index contributed by atoms with van der Waals surface area (Å²) in [5.74, 6) is 0.0783. The average molecular weight is 331 g/mol. The zero-order chi connectivity index (χ0) is 17.4. The molecule has 0 saturated carbocycles. The van der Waals surface area contributed by atoms with Crippen LogP contribution in [0.2, 0.25) is 0 Å². The number of carbonyl (C=O) groups is 1. The minimum atomic E-state index is -0.735. The van der Waals surface area contributed by atoms with Gasteiger partial charge in [-0.3, -0.25) is 4.79 Å². The van der Waals surface area contributed by atoms with Crippen LogP contribution in [0.5, 0.6) is 11.5 Å². The van der Waals surface area contributed by atoms with Gasteiger partial charge >= 0.3 is 0 Å². The van der Waals surface area contributed by atoms with E-state index in [0.29, 0.717) is 19.6 Å². The third kappa shape index (κ3) is 5.26. The van der Waals surface area contributed by atoms with Crippen LogP contribution in [-0.2, 0) is 4.79 Å². The quantitative estimate of drug-likeness (QED) is 0.753. The van der Waals surface area contributed by atoms with Gasteiger partial charge in [0.05, 0.1) is 6.54 Å². The van der Waals surface area contributed by atoms with Gasteiger partial charge in [0.1, 0.15) is 12.4 Å². The largest absolute Gasteiger partial charge is 0.492 e. The van der Waals surface area contributed by atoms with Crippen LogP contribution in [0.25, 0.3) is 0 Å². The van der Waals surface area contributed by atoms with Crippen LogP contribution in [0, 0.1) is 12.7 Å². The molecular formula is C19H22FNO3. The van der Waals surface area contributed by atoms with E-state index in [2.05, 4.69) is 5.32 Å². The van der Waals surface area contributed by atoms with Crippen molar-refractivity contribution in [3.8, 4) is 11.5 Å². The molecule has 2 aromatic rings. The van der Waals surface area contributed by atoms with E-state index in [1.807, 2.05) is 38.1 Å². The molecule has 2 aromatic carbocycles. The Morgan fingerprint density at radius 1 is 1.21 bits per heavy atom. The number of aryl methyl sites for hydroxylation is 1. The Hall–Kier alpha value is -2.56. The molecule has 5 heteroatoms. The lowest BCUT2D eigenvalue weighted by Gasteiger charge is -2.17. The first-order valence-corrected chi connectivity index (χ1v) is 7.98. The molecule has 1 N–H and O–H groups in total. The first kappa shape index (κ1) is 17.8. The molecule has 0 unspecified atom stereocenters. The Labute approximate surface area is 141 Å². The van der Waals surface area contributed by atoms with E-state index >= 15 is 0 Å². The second kappa shape index (κ2) is 8.91. The number of amides is 1. The second-order valence-corrected chi connectivity index (χ2v) is 5.40. The third-order valence-electron chi connectivity index (χ3n) is 3.43. The Balaban J connectivity index is 1.78. The number of para-hydroxylation sites is 1. The monoisotopic (exact) mass is 331 g/mol. The average Bonchev–Trinajstić information content (AvgIpc) is 2.58. The van der Waals surface area contributed by atoms with Crippen molar-refractivity contribution in [1.82, 2.24) is 5.32 Å². The molecule has 1 amide bonds. The minimum absolute atomic E-state index is 0.0792. The van der Waals surface area contributed by atoms with Crippen LogP contribution in [0.15, 0.2) is 48.5 Å². The van der Waals surface area contributed by atoms with E-state index in [0.717, 1.165) is 11.3 Å². The molecular weight excluding hydrogens is 309 g/mol. The fraction of sp³-hybridized carbons (Fsp3) is 0.316. The highest BCUT2D eigenvalue weighted by atomic mass is 19.1. The Morgan fingerprint density at radius 2 is 2.00 bits per heavy atom. The van der Waals surface area contributed by atoms with Gasteiger partial charge in [0.25, 0.3) is 5.91 Å². The molecule has 0 radical (unpaired) electrons. The summed E-state index contributed by atoms with van der Waals surface area (Å²) in [5.41, 5.74) is 1.11. The summed E-state index contributed by atoms with van der Waals surface area (Å²) in [6.07, 6.45) is -0.292. The highest BCUT2D eigenvalue weighted by Crippen LogP contribution is 2.18. The Bertz CT molecular complexity index is 675. The van der Waals surface area contributed by atoms with Gasteiger partial charge in [0.2, 0.25) is 0 Å². The first-order chi connectivity index (χ1) is 11.6. The fourth-order valence-corrected chi connectivity index (χ4v) is 2.18. The van der Waals surface area contributed by atoms with Crippen molar-refractivity contribution in [1.29, 1.82) is 0 Å². The number of benzene rings is 2. The lowest BCUT2D eigenvalue weighted by Crippen LogP contribution is -2.39. The zero-order valence-electron chi connectivity index (χ0n) is 13.9. The van der Waals surface area contributed by atoms with Crippen molar-refractivity contribution in [3.63, 3.8) is 0 Å². The van der Waals surface area contributed by atoms with Gasteiger partial charge in [-0.2, -0.15) is 0 Å². The van der Waals surface area contributed by atoms with Gasteiger partial charge in [-0.1, -0.05) is 31.2 Å². The summed E-state index contributed by atoms with van der Waals surface area (Å²) in [5, 5.41) is 2.75. The highest BCUT2D eigenvalue weighted by molar-refractivity contribution is 5.81. The van der Waals surface area contributed by atoms with Crippen LogP contribution in [0.3, 0.4) is 0 Å². The van der Waals surface area contributed by atoms with Crippen molar-refractivity contribution in [2.45, 2.75) is 26.4 Å². The van der Waals surface area contributed by atoms with Gasteiger partial charge in [-0.25, -0.2) is 4.39 Å². The topological polar surface area (TPSA) is 47.6 Å². The molecule has 0 saturated heterocycles. The number of ether oxygens (including phenoxy) is 2. The maximum Gasteiger partial charge on any atom is 0.261 e. The lowest BCUT2D eigenvalue weighted by molar-refractivity contribution is -0.128. The Kier molecular flexibility index (Phi) is 6.61. The number of nitrogens with one attached hydrogen (secondary N) is 1. The molecule has 0 fully saturated rings. The third-order valence-corrected chi connectivity index (χ3v) is 3.43. The predicted octanol–water partition coefficient (Wildman–Crippen LogP) is 3.49. The fourth-order valence-electron chi connectivity index (χ4n) is 2.18. The van der Waals surface area contributed by atoms with E-state index in [4.69, 9.17) is 9.47 Å². The standard InChI is InChI=1S/C19H22FNO3/c1-3-17(24-18-10-5-4-9-16(18)20)19(22)21-11-12-23-15-8-6-7-14(2)13-15/h4-10,13,17H,3,11-12H2,1-2H3,(H,21,22)/t17-/m0/s1. The van der Waals surface area contributed by atoms with Crippen LogP contribution in [0.1, 0.15) is 18.9 Å². The Morgan fingerprint density at radius 3 is 2.71 bits per heavy atom. The number of halogens is 1. The van der Waals surface area contributed by atoms with Crippen molar-refractivity contribution < 1.29 is 18.7 Å². The molecule has 0 spiro atoms. The summed E-state index contributed by atoms with van der Waals surface area (Å²) >= 11 is 0. The van der Waals surface area contributed by atoms with E-state index in [9.17, 15) is 9.18 Å². The number of hydrogen-bond donors (Lipinski definition) is 1. The maximum absolute atomic E-state index is 13.6. The second-order valence-electron chi connectivity index (χ2n) is 5.40. The summed E-state index contributed by atoms with van der Waals surface area (Å²) in [6, 6.07) is 13.7. The van der Waals surface area contributed by atoms with Crippen LogP contribution >= 0.6 is 0 Å². The lowest BCUT2D eigenvalue weighted by atomic mass is 10.2. The van der Waals surface area contributed by atoms with Crippen LogP contribution in [0.4, 0.5) is 4.39 Å². The number of rotatable bonds is 8. The van der Waals surface area contributed by atoms with Crippen molar-refractivity contribution in [2.75, 3.05) is 13.2 Å². The minimum Gasteiger partial charge on any atom is -0.492 e. The molecule has 0 aliphatic heterocycles. The summed E-state index contributed by atoms with van der Waals surface area (Å²) < 4.78 is 24.6. The summed E-state index contributed by atoms with van der Waals surface area (Å²) in [4.78, 5) is 12.1. The molecule has 1 atom stereocenters. The molecule has 0 bridgehead atoms. The SMILES string of the molecule is CC[C@H](Oc1ccccc1F)C(=O)NCCOc1cccc(C)c1. The predicted molar refractivity (Wildman–Crippen MR) is 90.8 cm³/mol. The van der Waals surface area contributed by atoms with Gasteiger partial charge in [0.15, 0.2) is 17.7 Å². The van der Waals surface area contributed by atoms with Gasteiger partial charge in [0, 0.05) is 0 Å². The van der Waals surface area contributed by atoms with Crippen LogP contribution in [-0.4, -0.2) is 25.2 Å². The molecule has 24 heavy (non-hydrogen) atoms. The van der Waals surface area contributed by atoms with Gasteiger partial charge in [-0.15, -0.1) is 0 Å². The van der Waals surface area contributed by atoms with Crippen molar-refractivity contribution >= 4 is 5.91 Å². The summed E-state index contributed by atoms with van der Waals surface area (Å²) in [7, 11) is 0. The molecule has 128 valence electrons. The molecule has 0 aliphatic carbocycles. The van der Waals surface area contributed by atoms with Crippen LogP contribution < -0.4 is 14.8 Å². The maximum atomic E-state index is 13.6. The molecule has 2 rings (SSSR count). The number of hydrogen-bond acceptors (Lipinski definition) is 3. The first-order valence-electron chi connectivity index (χ1n) is 7.98.